The number of carbonyl (C=O) groups is 1. The van der Waals surface area contributed by atoms with Gasteiger partial charge in [0.15, 0.2) is 5.78 Å². The molecule has 0 saturated heterocycles. The monoisotopic (exact) mass is 389 g/mol. The second-order valence-corrected chi connectivity index (χ2v) is 6.90. The summed E-state index contributed by atoms with van der Waals surface area (Å²) < 4.78 is 5.33. The van der Waals surface area contributed by atoms with E-state index >= 15 is 0 Å². The molecule has 0 atom stereocenters. The normalized spacial score (nSPS) is 13.8. The molecule has 0 bridgehead atoms. The molecule has 0 spiro atoms. The lowest BCUT2D eigenvalue weighted by atomic mass is 9.87. The lowest BCUT2D eigenvalue weighted by Gasteiger charge is -2.20. The Balaban J connectivity index is 2.02. The first-order valence-corrected chi connectivity index (χ1v) is 9.54. The SMILES string of the molecule is COc1cc(CO)c(C2=CCCCC2)c(O)c1C(=O)/C=C/c1ccc(C#N)cc1. The van der Waals surface area contributed by atoms with Crippen LogP contribution in [0, 0.1) is 11.3 Å². The molecule has 1 aliphatic carbocycles. The van der Waals surface area contributed by atoms with Crippen LogP contribution in [0.15, 0.2) is 42.5 Å². The van der Waals surface area contributed by atoms with Crippen LogP contribution in [-0.2, 0) is 6.61 Å². The number of phenolic OH excluding ortho intramolecular Hbond substituents is 1. The number of rotatable bonds is 6. The standard InChI is InChI=1S/C24H23NO4/c1-29-21-13-19(15-26)22(18-5-3-2-4-6-18)24(28)23(21)20(27)12-11-16-7-9-17(14-25)10-8-16/h5,7-13,26,28H,2-4,6,15H2,1H3/b12-11+. The zero-order chi connectivity index (χ0) is 20.8. The van der Waals surface area contributed by atoms with Crippen LogP contribution in [0.4, 0.5) is 0 Å². The van der Waals surface area contributed by atoms with Gasteiger partial charge >= 0.3 is 0 Å². The van der Waals surface area contributed by atoms with Crippen molar-refractivity contribution >= 4 is 17.4 Å². The summed E-state index contributed by atoms with van der Waals surface area (Å²) in [6, 6.07) is 10.5. The molecule has 1 aliphatic rings. The Bertz CT molecular complexity index is 1010. The summed E-state index contributed by atoms with van der Waals surface area (Å²) in [5.74, 6) is -0.330. The van der Waals surface area contributed by atoms with Crippen LogP contribution in [0.1, 0.15) is 58.3 Å². The maximum atomic E-state index is 12.9. The van der Waals surface area contributed by atoms with Crippen molar-refractivity contribution < 1.29 is 19.7 Å². The van der Waals surface area contributed by atoms with Crippen molar-refractivity contribution in [2.24, 2.45) is 0 Å². The number of carbonyl (C=O) groups excluding carboxylic acids is 1. The van der Waals surface area contributed by atoms with Gasteiger partial charge in [0.25, 0.3) is 0 Å². The largest absolute Gasteiger partial charge is 0.506 e. The zero-order valence-corrected chi connectivity index (χ0v) is 16.3. The Morgan fingerprint density at radius 1 is 1.28 bits per heavy atom. The van der Waals surface area contributed by atoms with E-state index in [4.69, 9.17) is 10.00 Å². The minimum Gasteiger partial charge on any atom is -0.506 e. The van der Waals surface area contributed by atoms with E-state index in [1.54, 1.807) is 36.4 Å². The van der Waals surface area contributed by atoms with Gasteiger partial charge in [-0.1, -0.05) is 24.3 Å². The number of aliphatic hydroxyl groups is 1. The van der Waals surface area contributed by atoms with Gasteiger partial charge in [-0.15, -0.1) is 0 Å². The van der Waals surface area contributed by atoms with Gasteiger partial charge in [-0.2, -0.15) is 5.26 Å². The number of methoxy groups -OCH3 is 1. The van der Waals surface area contributed by atoms with Crippen molar-refractivity contribution in [3.63, 3.8) is 0 Å². The Kier molecular flexibility index (Phi) is 6.48. The molecule has 2 N–H and O–H groups in total. The van der Waals surface area contributed by atoms with E-state index < -0.39 is 5.78 Å². The fourth-order valence-corrected chi connectivity index (χ4v) is 3.57. The summed E-state index contributed by atoms with van der Waals surface area (Å²) in [5, 5.41) is 29.7. The van der Waals surface area contributed by atoms with Crippen LogP contribution in [-0.4, -0.2) is 23.1 Å². The molecule has 0 aromatic heterocycles. The Morgan fingerprint density at radius 2 is 2.03 bits per heavy atom. The minimum atomic E-state index is -0.397. The second kappa shape index (κ2) is 9.22. The molecule has 0 unspecified atom stereocenters. The van der Waals surface area contributed by atoms with E-state index in [9.17, 15) is 15.0 Å². The summed E-state index contributed by atoms with van der Waals surface area (Å²) in [6.07, 6.45) is 8.86. The lowest BCUT2D eigenvalue weighted by Crippen LogP contribution is -2.06. The molecule has 148 valence electrons. The predicted molar refractivity (Wildman–Crippen MR) is 112 cm³/mol. The number of benzene rings is 2. The highest BCUT2D eigenvalue weighted by molar-refractivity contribution is 6.11. The Labute approximate surface area is 170 Å². The maximum Gasteiger partial charge on any atom is 0.193 e. The number of aliphatic hydroxyl groups excluding tert-OH is 1. The van der Waals surface area contributed by atoms with E-state index in [-0.39, 0.29) is 23.7 Å². The highest BCUT2D eigenvalue weighted by Crippen LogP contribution is 2.41. The summed E-state index contributed by atoms with van der Waals surface area (Å²) in [5.41, 5.74) is 3.40. The van der Waals surface area contributed by atoms with Gasteiger partial charge < -0.3 is 14.9 Å². The fraction of sp³-hybridized carbons (Fsp3) is 0.250. The summed E-state index contributed by atoms with van der Waals surface area (Å²) in [4.78, 5) is 12.9. The first-order valence-electron chi connectivity index (χ1n) is 9.54. The van der Waals surface area contributed by atoms with Crippen LogP contribution >= 0.6 is 0 Å². The zero-order valence-electron chi connectivity index (χ0n) is 16.3. The molecule has 0 amide bonds. The molecule has 0 aliphatic heterocycles. The van der Waals surface area contributed by atoms with Crippen molar-refractivity contribution in [1.82, 2.24) is 0 Å². The molecule has 5 nitrogen and oxygen atoms in total. The Morgan fingerprint density at radius 3 is 2.62 bits per heavy atom. The van der Waals surface area contributed by atoms with Crippen molar-refractivity contribution in [2.75, 3.05) is 7.11 Å². The average molecular weight is 389 g/mol. The van der Waals surface area contributed by atoms with Crippen LogP contribution < -0.4 is 4.74 Å². The third kappa shape index (κ3) is 4.39. The third-order valence-electron chi connectivity index (χ3n) is 5.06. The van der Waals surface area contributed by atoms with Crippen molar-refractivity contribution in [2.45, 2.75) is 32.3 Å². The molecule has 0 radical (unpaired) electrons. The predicted octanol–water partition coefficient (Wildman–Crippen LogP) is 4.62. The van der Waals surface area contributed by atoms with Crippen LogP contribution in [0.5, 0.6) is 11.5 Å². The topological polar surface area (TPSA) is 90.5 Å². The first kappa shape index (κ1) is 20.4. The molecule has 3 rings (SSSR count). The van der Waals surface area contributed by atoms with E-state index in [0.717, 1.165) is 36.8 Å². The van der Waals surface area contributed by atoms with E-state index in [0.29, 0.717) is 16.7 Å². The van der Waals surface area contributed by atoms with Crippen molar-refractivity contribution in [3.05, 3.63) is 70.3 Å². The maximum absolute atomic E-state index is 12.9. The second-order valence-electron chi connectivity index (χ2n) is 6.90. The van der Waals surface area contributed by atoms with Gasteiger partial charge in [-0.3, -0.25) is 4.79 Å². The quantitative estimate of drug-likeness (QED) is 0.556. The minimum absolute atomic E-state index is 0.0797. The number of phenols is 1. The number of nitrogens with zero attached hydrogens (tertiary/aromatic N) is 1. The van der Waals surface area contributed by atoms with Crippen molar-refractivity contribution in [1.29, 1.82) is 5.26 Å². The molecule has 2 aromatic rings. The molecule has 0 saturated carbocycles. The summed E-state index contributed by atoms with van der Waals surface area (Å²) in [6.45, 7) is -0.258. The van der Waals surface area contributed by atoms with E-state index in [2.05, 4.69) is 6.08 Å². The molecular formula is C24H23NO4. The number of aromatic hydroxyl groups is 1. The first-order chi connectivity index (χ1) is 14.1. The summed E-state index contributed by atoms with van der Waals surface area (Å²) >= 11 is 0. The molecule has 5 heteroatoms. The van der Waals surface area contributed by atoms with Gasteiger partial charge in [0, 0.05) is 5.56 Å². The molecular weight excluding hydrogens is 366 g/mol. The number of allylic oxidation sites excluding steroid dienone is 3. The molecule has 0 fully saturated rings. The number of hydrogen-bond acceptors (Lipinski definition) is 5. The number of ether oxygens (including phenoxy) is 1. The van der Waals surface area contributed by atoms with E-state index in [1.807, 2.05) is 6.07 Å². The number of nitriles is 1. The fourth-order valence-electron chi connectivity index (χ4n) is 3.57. The van der Waals surface area contributed by atoms with Crippen molar-refractivity contribution in [3.8, 4) is 17.6 Å². The molecule has 2 aromatic carbocycles. The third-order valence-corrected chi connectivity index (χ3v) is 5.06. The van der Waals surface area contributed by atoms with Gasteiger partial charge in [-0.25, -0.2) is 0 Å². The van der Waals surface area contributed by atoms with Gasteiger partial charge in [0.2, 0.25) is 0 Å². The van der Waals surface area contributed by atoms with Gasteiger partial charge in [-0.05, 0) is 66.7 Å². The Hall–Kier alpha value is -3.36. The van der Waals surface area contributed by atoms with Crippen LogP contribution in [0.2, 0.25) is 0 Å². The van der Waals surface area contributed by atoms with Crippen LogP contribution in [0.25, 0.3) is 11.6 Å². The summed E-state index contributed by atoms with van der Waals surface area (Å²) in [7, 11) is 1.43. The van der Waals surface area contributed by atoms with E-state index in [1.165, 1.54) is 13.2 Å². The number of ketones is 1. The lowest BCUT2D eigenvalue weighted by molar-refractivity contribution is 0.104. The van der Waals surface area contributed by atoms with Gasteiger partial charge in [0.1, 0.15) is 17.1 Å². The molecule has 29 heavy (non-hydrogen) atoms. The van der Waals surface area contributed by atoms with Crippen LogP contribution in [0.3, 0.4) is 0 Å². The highest BCUT2D eigenvalue weighted by Gasteiger charge is 2.24. The van der Waals surface area contributed by atoms with Gasteiger partial charge in [0.05, 0.1) is 25.3 Å². The smallest absolute Gasteiger partial charge is 0.193 e. The number of hydrogen-bond donors (Lipinski definition) is 2. The highest BCUT2D eigenvalue weighted by atomic mass is 16.5. The molecule has 0 heterocycles. The average Bonchev–Trinajstić information content (AvgIpc) is 2.77.